The van der Waals surface area contributed by atoms with Crippen LogP contribution in [0.5, 0.6) is 5.75 Å². The lowest BCUT2D eigenvalue weighted by Crippen LogP contribution is -2.38. The van der Waals surface area contributed by atoms with Gasteiger partial charge in [-0.15, -0.1) is 0 Å². The molecule has 1 aliphatic rings. The van der Waals surface area contributed by atoms with Gasteiger partial charge in [-0.2, -0.15) is 0 Å². The Morgan fingerprint density at radius 3 is 2.65 bits per heavy atom. The second kappa shape index (κ2) is 6.35. The predicted octanol–water partition coefficient (Wildman–Crippen LogP) is 3.16. The van der Waals surface area contributed by atoms with Crippen LogP contribution in [0, 0.1) is 0 Å². The van der Waals surface area contributed by atoms with Crippen molar-refractivity contribution in [2.75, 3.05) is 17.6 Å². The average molecular weight is 278 g/mol. The van der Waals surface area contributed by atoms with Gasteiger partial charge in [0.15, 0.2) is 0 Å². The number of nitrogens with two attached hydrogens (primary N) is 1. The molecular formula is C16H26N2O2. The van der Waals surface area contributed by atoms with Gasteiger partial charge in [0.05, 0.1) is 23.1 Å². The normalized spacial score (nSPS) is 18.0. The zero-order valence-corrected chi connectivity index (χ0v) is 12.5. The third-order valence-electron chi connectivity index (χ3n) is 3.82. The third kappa shape index (κ3) is 3.79. The van der Waals surface area contributed by atoms with Gasteiger partial charge in [-0.25, -0.2) is 0 Å². The molecule has 4 heteroatoms. The lowest BCUT2D eigenvalue weighted by molar-refractivity contribution is 0.0167. The van der Waals surface area contributed by atoms with Crippen molar-refractivity contribution < 1.29 is 9.84 Å². The fourth-order valence-electron chi connectivity index (χ4n) is 2.70. The first-order valence-electron chi connectivity index (χ1n) is 7.52. The van der Waals surface area contributed by atoms with Crippen molar-refractivity contribution >= 4 is 11.4 Å². The van der Waals surface area contributed by atoms with Crippen molar-refractivity contribution in [3.8, 4) is 5.75 Å². The summed E-state index contributed by atoms with van der Waals surface area (Å²) in [5, 5.41) is 13.8. The van der Waals surface area contributed by atoms with Gasteiger partial charge in [-0.1, -0.05) is 25.3 Å². The van der Waals surface area contributed by atoms with E-state index in [1.165, 1.54) is 6.42 Å². The second-order valence-electron chi connectivity index (χ2n) is 6.02. The minimum Gasteiger partial charge on any atom is -0.489 e. The molecule has 2 rings (SSSR count). The maximum absolute atomic E-state index is 10.5. The monoisotopic (exact) mass is 278 g/mol. The molecule has 1 aromatic carbocycles. The largest absolute Gasteiger partial charge is 0.489 e. The molecule has 4 N–H and O–H groups in total. The molecule has 1 aromatic rings. The maximum Gasteiger partial charge on any atom is 0.144 e. The first-order valence-corrected chi connectivity index (χ1v) is 7.52. The lowest BCUT2D eigenvalue weighted by Gasteiger charge is -2.32. The molecule has 0 atom stereocenters. The first kappa shape index (κ1) is 15.0. The molecule has 0 amide bonds. The van der Waals surface area contributed by atoms with Gasteiger partial charge >= 0.3 is 0 Å². The Balaban J connectivity index is 2.02. The number of hydrogen-bond donors (Lipinski definition) is 3. The van der Waals surface area contributed by atoms with Gasteiger partial charge in [0.25, 0.3) is 0 Å². The Bertz CT molecular complexity index is 440. The summed E-state index contributed by atoms with van der Waals surface area (Å²) in [5.74, 6) is 0.695. The fourth-order valence-corrected chi connectivity index (χ4v) is 2.70. The number of hydrogen-bond acceptors (Lipinski definition) is 4. The van der Waals surface area contributed by atoms with Gasteiger partial charge in [0.2, 0.25) is 0 Å². The van der Waals surface area contributed by atoms with E-state index >= 15 is 0 Å². The quantitative estimate of drug-likeness (QED) is 0.724. The van der Waals surface area contributed by atoms with E-state index in [9.17, 15) is 5.11 Å². The molecular weight excluding hydrogens is 252 g/mol. The van der Waals surface area contributed by atoms with Gasteiger partial charge in [-0.3, -0.25) is 0 Å². The van der Waals surface area contributed by atoms with E-state index in [1.54, 1.807) is 0 Å². The summed E-state index contributed by atoms with van der Waals surface area (Å²) < 4.78 is 5.68. The van der Waals surface area contributed by atoms with E-state index in [2.05, 4.69) is 5.32 Å². The smallest absolute Gasteiger partial charge is 0.144 e. The van der Waals surface area contributed by atoms with Gasteiger partial charge in [-0.05, 0) is 38.8 Å². The average Bonchev–Trinajstić information content (AvgIpc) is 2.40. The van der Waals surface area contributed by atoms with Gasteiger partial charge in [0.1, 0.15) is 5.75 Å². The van der Waals surface area contributed by atoms with Crippen molar-refractivity contribution in [3.05, 3.63) is 18.2 Å². The lowest BCUT2D eigenvalue weighted by atomic mass is 9.85. The van der Waals surface area contributed by atoms with Crippen molar-refractivity contribution in [2.24, 2.45) is 0 Å². The van der Waals surface area contributed by atoms with Crippen LogP contribution in [0.15, 0.2) is 18.2 Å². The van der Waals surface area contributed by atoms with Crippen molar-refractivity contribution in [1.82, 2.24) is 0 Å². The summed E-state index contributed by atoms with van der Waals surface area (Å²) in [5.41, 5.74) is 6.97. The van der Waals surface area contributed by atoms with Crippen LogP contribution in [0.3, 0.4) is 0 Å². The van der Waals surface area contributed by atoms with Crippen LogP contribution in [0.25, 0.3) is 0 Å². The molecule has 0 bridgehead atoms. The molecule has 0 aliphatic heterocycles. The van der Waals surface area contributed by atoms with Crippen LogP contribution in [0.4, 0.5) is 11.4 Å². The number of rotatable bonds is 5. The van der Waals surface area contributed by atoms with E-state index in [-0.39, 0.29) is 6.10 Å². The zero-order chi connectivity index (χ0) is 14.6. The minimum absolute atomic E-state index is 0.0927. The first-order chi connectivity index (χ1) is 9.50. The predicted molar refractivity (Wildman–Crippen MR) is 83.1 cm³/mol. The van der Waals surface area contributed by atoms with E-state index in [4.69, 9.17) is 10.5 Å². The molecule has 0 heterocycles. The molecule has 1 aliphatic carbocycles. The molecule has 0 saturated heterocycles. The maximum atomic E-state index is 10.5. The van der Waals surface area contributed by atoms with Crippen LogP contribution < -0.4 is 15.8 Å². The van der Waals surface area contributed by atoms with Crippen LogP contribution >= 0.6 is 0 Å². The van der Waals surface area contributed by atoms with Crippen molar-refractivity contribution in [1.29, 1.82) is 0 Å². The van der Waals surface area contributed by atoms with Crippen LogP contribution in [0.1, 0.15) is 46.0 Å². The Morgan fingerprint density at radius 2 is 2.00 bits per heavy atom. The molecule has 112 valence electrons. The Kier molecular flexibility index (Phi) is 4.76. The SMILES string of the molecule is CC(C)Oc1cccc(NCC2(O)CCCCC2)c1N. The number of para-hydroxylation sites is 1. The Labute approximate surface area is 121 Å². The standard InChI is InChI=1S/C16H26N2O2/c1-12(2)20-14-8-6-7-13(15(14)17)18-11-16(19)9-4-3-5-10-16/h6-8,12,18-19H,3-5,9-11,17H2,1-2H3. The minimum atomic E-state index is -0.598. The summed E-state index contributed by atoms with van der Waals surface area (Å²) in [7, 11) is 0. The van der Waals surface area contributed by atoms with Crippen molar-refractivity contribution in [3.63, 3.8) is 0 Å². The topological polar surface area (TPSA) is 67.5 Å². The van der Waals surface area contributed by atoms with Crippen LogP contribution in [-0.4, -0.2) is 23.4 Å². The number of aliphatic hydroxyl groups is 1. The van der Waals surface area contributed by atoms with E-state index in [1.807, 2.05) is 32.0 Å². The Hall–Kier alpha value is -1.42. The highest BCUT2D eigenvalue weighted by molar-refractivity contribution is 5.73. The molecule has 0 radical (unpaired) electrons. The summed E-state index contributed by atoms with van der Waals surface area (Å²) >= 11 is 0. The summed E-state index contributed by atoms with van der Waals surface area (Å²) in [6.07, 6.45) is 5.25. The number of ether oxygens (including phenoxy) is 1. The van der Waals surface area contributed by atoms with Crippen LogP contribution in [0.2, 0.25) is 0 Å². The molecule has 1 saturated carbocycles. The zero-order valence-electron chi connectivity index (χ0n) is 12.5. The Morgan fingerprint density at radius 1 is 1.30 bits per heavy atom. The highest BCUT2D eigenvalue weighted by atomic mass is 16.5. The second-order valence-corrected chi connectivity index (χ2v) is 6.02. The fraction of sp³-hybridized carbons (Fsp3) is 0.625. The molecule has 4 nitrogen and oxygen atoms in total. The molecule has 0 spiro atoms. The van der Waals surface area contributed by atoms with E-state index in [0.717, 1.165) is 31.4 Å². The number of nitrogen functional groups attached to an aromatic ring is 1. The summed E-state index contributed by atoms with van der Waals surface area (Å²) in [6.45, 7) is 4.50. The number of anilines is 2. The number of benzene rings is 1. The molecule has 0 aromatic heterocycles. The summed E-state index contributed by atoms with van der Waals surface area (Å²) in [4.78, 5) is 0. The molecule has 1 fully saturated rings. The molecule has 0 unspecified atom stereocenters. The highest BCUT2D eigenvalue weighted by Crippen LogP contribution is 2.32. The summed E-state index contributed by atoms with van der Waals surface area (Å²) in [6, 6.07) is 5.71. The van der Waals surface area contributed by atoms with Crippen molar-refractivity contribution in [2.45, 2.75) is 57.7 Å². The van der Waals surface area contributed by atoms with Crippen LogP contribution in [-0.2, 0) is 0 Å². The molecule has 20 heavy (non-hydrogen) atoms. The number of nitrogens with one attached hydrogen (secondary N) is 1. The van der Waals surface area contributed by atoms with E-state index in [0.29, 0.717) is 18.0 Å². The third-order valence-corrected chi connectivity index (χ3v) is 3.82. The van der Waals surface area contributed by atoms with Gasteiger partial charge < -0.3 is 20.9 Å². The highest BCUT2D eigenvalue weighted by Gasteiger charge is 2.29. The van der Waals surface area contributed by atoms with E-state index < -0.39 is 5.60 Å². The van der Waals surface area contributed by atoms with Gasteiger partial charge in [0, 0.05) is 6.54 Å².